The first kappa shape index (κ1) is 26.2. The molecule has 3 aromatic carbocycles. The number of nitrogens with zero attached hydrogens (tertiary/aromatic N) is 1. The lowest BCUT2D eigenvalue weighted by atomic mass is 10.1. The zero-order valence-electron chi connectivity index (χ0n) is 19.9. The normalized spacial score (nSPS) is 19.4. The topological polar surface area (TPSA) is 21.6 Å². The third-order valence-electron chi connectivity index (χ3n) is 6.37. The molecule has 1 aliphatic carbocycles. The van der Waals surface area contributed by atoms with Crippen molar-refractivity contribution in [2.24, 2.45) is 10.9 Å². The van der Waals surface area contributed by atoms with Crippen LogP contribution in [-0.4, -0.2) is 18.5 Å². The predicted octanol–water partition coefficient (Wildman–Crippen LogP) is 7.27. The molecule has 2 aliphatic rings. The summed E-state index contributed by atoms with van der Waals surface area (Å²) in [6.07, 6.45) is -2.68. The molecule has 0 fully saturated rings. The van der Waals surface area contributed by atoms with E-state index < -0.39 is 31.4 Å². The number of aliphatic imine (C=N–C) groups is 1. The number of benzene rings is 3. The highest BCUT2D eigenvalue weighted by atomic mass is 31.1. The number of ether oxygens (including phenoxy) is 1. The fourth-order valence-electron chi connectivity index (χ4n) is 4.53. The number of allylic oxidation sites excluding steroid dienone is 2. The third-order valence-corrected chi connectivity index (χ3v) is 8.94. The molecule has 1 heterocycles. The van der Waals surface area contributed by atoms with Crippen LogP contribution in [0.5, 0.6) is 0 Å². The Morgan fingerprint density at radius 2 is 1.32 bits per heavy atom. The number of hydrogen-bond donors (Lipinski definition) is 0. The van der Waals surface area contributed by atoms with Crippen molar-refractivity contribution < 1.29 is 31.1 Å². The first-order valence-corrected chi connectivity index (χ1v) is 13.2. The van der Waals surface area contributed by atoms with Gasteiger partial charge in [-0.3, -0.25) is 0 Å². The minimum absolute atomic E-state index is 0.0778. The molecule has 0 spiro atoms. The van der Waals surface area contributed by atoms with Crippen LogP contribution in [0.3, 0.4) is 0 Å². The predicted molar refractivity (Wildman–Crippen MR) is 137 cm³/mol. The van der Waals surface area contributed by atoms with Gasteiger partial charge in [-0.25, -0.2) is 4.99 Å². The molecule has 2 nitrogen and oxygen atoms in total. The quantitative estimate of drug-likeness (QED) is 0.236. The van der Waals surface area contributed by atoms with Crippen molar-refractivity contribution in [2.75, 3.05) is 6.61 Å². The molecule has 0 saturated heterocycles. The maximum absolute atomic E-state index is 13.2. The molecule has 9 heteroatoms. The van der Waals surface area contributed by atoms with Gasteiger partial charge in [0.05, 0.1) is 23.1 Å². The molecule has 0 aromatic heterocycles. The van der Waals surface area contributed by atoms with E-state index in [2.05, 4.69) is 0 Å². The van der Waals surface area contributed by atoms with Crippen molar-refractivity contribution in [2.45, 2.75) is 24.8 Å². The van der Waals surface area contributed by atoms with Crippen LogP contribution < -0.4 is 10.6 Å². The fourth-order valence-corrected chi connectivity index (χ4v) is 7.03. The Morgan fingerprint density at radius 3 is 1.84 bits per heavy atom. The lowest BCUT2D eigenvalue weighted by Crippen LogP contribution is -2.21. The molecule has 38 heavy (non-hydrogen) atoms. The van der Waals surface area contributed by atoms with E-state index in [-0.39, 0.29) is 12.0 Å². The Balaban J connectivity index is 1.48. The maximum Gasteiger partial charge on any atom is 0.416 e. The average Bonchev–Trinajstić information content (AvgIpc) is 3.54. The molecular formula is C29H22F6NOP. The summed E-state index contributed by atoms with van der Waals surface area (Å²) < 4.78 is 85.2. The fraction of sp³-hybridized carbons (Fsp3) is 0.207. The standard InChI is InChI=1S/C29H22F6NOP/c30-28(31,32)20-9-13-23(14-10-20)38(24-15-11-21(12-16-24)29(33,34)35)26-8-4-7-25(26)27-36-22(18-37-27)17-19-5-2-1-3-6-19/h1-16,22,25H,17-18H2/t22-,25?/m0/s1. The first-order valence-electron chi connectivity index (χ1n) is 11.9. The van der Waals surface area contributed by atoms with E-state index in [9.17, 15) is 26.3 Å². The Labute approximate surface area is 217 Å². The summed E-state index contributed by atoms with van der Waals surface area (Å²) >= 11 is 0. The van der Waals surface area contributed by atoms with Gasteiger partial charge in [0.15, 0.2) is 5.90 Å². The smallest absolute Gasteiger partial charge is 0.416 e. The molecular weight excluding hydrogens is 523 g/mol. The molecule has 0 amide bonds. The summed E-state index contributed by atoms with van der Waals surface area (Å²) in [7, 11) is -1.46. The van der Waals surface area contributed by atoms with Gasteiger partial charge in [-0.2, -0.15) is 26.3 Å². The second-order valence-electron chi connectivity index (χ2n) is 9.00. The second-order valence-corrected chi connectivity index (χ2v) is 11.2. The van der Waals surface area contributed by atoms with Crippen molar-refractivity contribution in [3.05, 3.63) is 119 Å². The van der Waals surface area contributed by atoms with E-state index >= 15 is 0 Å². The summed E-state index contributed by atoms with van der Waals surface area (Å²) in [5.41, 5.74) is -0.447. The van der Waals surface area contributed by atoms with Crippen molar-refractivity contribution >= 4 is 24.4 Å². The largest absolute Gasteiger partial charge is 0.478 e. The first-order chi connectivity index (χ1) is 18.1. The summed E-state index contributed by atoms with van der Waals surface area (Å²) in [5.74, 6) is 0.156. The van der Waals surface area contributed by atoms with Crippen molar-refractivity contribution in [1.82, 2.24) is 0 Å². The molecule has 5 rings (SSSR count). The van der Waals surface area contributed by atoms with E-state index in [1.165, 1.54) is 24.3 Å². The van der Waals surface area contributed by atoms with Gasteiger partial charge in [0.1, 0.15) is 6.61 Å². The van der Waals surface area contributed by atoms with E-state index in [0.717, 1.165) is 35.1 Å². The van der Waals surface area contributed by atoms with Gasteiger partial charge < -0.3 is 4.74 Å². The van der Waals surface area contributed by atoms with E-state index in [1.807, 2.05) is 48.6 Å². The highest BCUT2D eigenvalue weighted by molar-refractivity contribution is 7.76. The van der Waals surface area contributed by atoms with Crippen LogP contribution in [0.1, 0.15) is 16.7 Å². The van der Waals surface area contributed by atoms with Crippen LogP contribution in [-0.2, 0) is 23.5 Å². The molecule has 2 atom stereocenters. The highest BCUT2D eigenvalue weighted by Gasteiger charge is 2.36. The van der Waals surface area contributed by atoms with Gasteiger partial charge in [-0.1, -0.05) is 72.8 Å². The molecule has 1 aliphatic heterocycles. The molecule has 0 N–H and O–H groups in total. The number of hydrogen-bond acceptors (Lipinski definition) is 2. The monoisotopic (exact) mass is 545 g/mol. The van der Waals surface area contributed by atoms with Gasteiger partial charge in [0, 0.05) is 0 Å². The minimum Gasteiger partial charge on any atom is -0.478 e. The van der Waals surface area contributed by atoms with E-state index in [1.54, 1.807) is 0 Å². The van der Waals surface area contributed by atoms with Gasteiger partial charge >= 0.3 is 12.4 Å². The SMILES string of the molecule is FC(F)(F)c1ccc(P(C2=CC=CC2C2=N[C@@H](Cc3ccccc3)CO2)c2ccc(C(F)(F)F)cc2)cc1. The summed E-state index contributed by atoms with van der Waals surface area (Å²) in [4.78, 5) is 4.79. The molecule has 0 saturated carbocycles. The Hall–Kier alpha value is -3.38. The van der Waals surface area contributed by atoms with Crippen molar-refractivity contribution in [3.63, 3.8) is 0 Å². The molecule has 0 radical (unpaired) electrons. The number of rotatable bonds is 6. The van der Waals surface area contributed by atoms with Gasteiger partial charge in [-0.15, -0.1) is 0 Å². The summed E-state index contributed by atoms with van der Waals surface area (Å²) in [6.45, 7) is 0.403. The van der Waals surface area contributed by atoms with Crippen LogP contribution in [0.2, 0.25) is 0 Å². The molecule has 1 unspecified atom stereocenters. The second kappa shape index (κ2) is 10.4. The third kappa shape index (κ3) is 5.70. The van der Waals surface area contributed by atoms with Crippen LogP contribution >= 0.6 is 7.92 Å². The van der Waals surface area contributed by atoms with Gasteiger partial charge in [0.25, 0.3) is 0 Å². The lowest BCUT2D eigenvalue weighted by molar-refractivity contribution is -0.138. The van der Waals surface area contributed by atoms with Gasteiger partial charge in [-0.05, 0) is 60.1 Å². The van der Waals surface area contributed by atoms with Crippen molar-refractivity contribution in [3.8, 4) is 0 Å². The van der Waals surface area contributed by atoms with E-state index in [0.29, 0.717) is 29.5 Å². The summed E-state index contributed by atoms with van der Waals surface area (Å²) in [5, 5.41) is 2.01. The van der Waals surface area contributed by atoms with E-state index in [4.69, 9.17) is 9.73 Å². The van der Waals surface area contributed by atoms with Crippen LogP contribution in [0, 0.1) is 5.92 Å². The molecule has 0 bridgehead atoms. The molecule has 3 aromatic rings. The molecule has 196 valence electrons. The summed E-state index contributed by atoms with van der Waals surface area (Å²) in [6, 6.07) is 19.4. The zero-order chi connectivity index (χ0) is 26.9. The maximum atomic E-state index is 13.2. The lowest BCUT2D eigenvalue weighted by Gasteiger charge is -2.25. The number of alkyl halides is 6. The Bertz CT molecular complexity index is 1300. The van der Waals surface area contributed by atoms with Gasteiger partial charge in [0.2, 0.25) is 0 Å². The Morgan fingerprint density at radius 1 is 0.763 bits per heavy atom. The number of halogens is 6. The highest BCUT2D eigenvalue weighted by Crippen LogP contribution is 2.50. The van der Waals surface area contributed by atoms with Crippen LogP contribution in [0.25, 0.3) is 0 Å². The van der Waals surface area contributed by atoms with Crippen molar-refractivity contribution in [1.29, 1.82) is 0 Å². The van der Waals surface area contributed by atoms with Crippen LogP contribution in [0.4, 0.5) is 26.3 Å². The van der Waals surface area contributed by atoms with Crippen LogP contribution in [0.15, 0.2) is 107 Å². The average molecular weight is 545 g/mol. The Kier molecular flexibility index (Phi) is 7.19. The minimum atomic E-state index is -4.49. The zero-order valence-corrected chi connectivity index (χ0v) is 20.8.